The van der Waals surface area contributed by atoms with Crippen LogP contribution in [-0.2, 0) is 0 Å². The molecule has 1 aromatic heterocycles. The molecule has 0 bridgehead atoms. The molecule has 3 rings (SSSR count). The largest absolute Gasteiger partial charge is 0.455 e. The molecule has 120 valence electrons. The number of aldehydes is 1. The molecular weight excluding hydrogens is 349 g/mol. The summed E-state index contributed by atoms with van der Waals surface area (Å²) in [6.07, 6.45) is 3.53. The van der Waals surface area contributed by atoms with E-state index in [1.165, 1.54) is 12.4 Å². The fourth-order valence-corrected chi connectivity index (χ4v) is 2.39. The van der Waals surface area contributed by atoms with Gasteiger partial charge in [0.05, 0.1) is 12.4 Å². The molecule has 1 heterocycles. The van der Waals surface area contributed by atoms with Crippen molar-refractivity contribution in [2.45, 2.75) is 0 Å². The first-order chi connectivity index (χ1) is 11.7. The summed E-state index contributed by atoms with van der Waals surface area (Å²) in [6, 6.07) is 13.7. The van der Waals surface area contributed by atoms with Crippen LogP contribution in [0.1, 0.15) is 10.4 Å². The zero-order chi connectivity index (χ0) is 16.9. The lowest BCUT2D eigenvalue weighted by Crippen LogP contribution is -1.96. The smallest absolute Gasteiger partial charge is 0.159 e. The van der Waals surface area contributed by atoms with Crippen LogP contribution in [0.3, 0.4) is 0 Å². The summed E-state index contributed by atoms with van der Waals surface area (Å²) in [5.74, 6) is 1.53. The standard InChI is InChI=1S/C18H11Cl2NO3/c19-12-3-1-5-14(7-12)23-17-9-21-10-18(16(17)11-22)24-15-6-2-4-13(20)8-15/h1-11H. The number of carbonyl (C=O) groups is 1. The monoisotopic (exact) mass is 359 g/mol. The molecule has 0 aliphatic heterocycles. The van der Waals surface area contributed by atoms with Crippen LogP contribution in [0.25, 0.3) is 0 Å². The fraction of sp³-hybridized carbons (Fsp3) is 0. The van der Waals surface area contributed by atoms with E-state index in [0.29, 0.717) is 27.8 Å². The molecule has 4 nitrogen and oxygen atoms in total. The Morgan fingerprint density at radius 3 is 1.75 bits per heavy atom. The molecule has 0 radical (unpaired) electrons. The van der Waals surface area contributed by atoms with Crippen molar-refractivity contribution in [3.63, 3.8) is 0 Å². The van der Waals surface area contributed by atoms with Gasteiger partial charge in [0.15, 0.2) is 17.8 Å². The van der Waals surface area contributed by atoms with Gasteiger partial charge in [-0.25, -0.2) is 0 Å². The van der Waals surface area contributed by atoms with E-state index in [0.717, 1.165) is 0 Å². The van der Waals surface area contributed by atoms with Crippen LogP contribution in [0.2, 0.25) is 10.0 Å². The summed E-state index contributed by atoms with van der Waals surface area (Å²) in [6.45, 7) is 0. The first-order valence-electron chi connectivity index (χ1n) is 6.96. The number of ether oxygens (including phenoxy) is 2. The van der Waals surface area contributed by atoms with Crippen LogP contribution in [0, 0.1) is 0 Å². The summed E-state index contributed by atoms with van der Waals surface area (Å²) in [5.41, 5.74) is 0.241. The quantitative estimate of drug-likeness (QED) is 0.541. The molecule has 6 heteroatoms. The van der Waals surface area contributed by atoms with Gasteiger partial charge in [-0.3, -0.25) is 9.78 Å². The maximum absolute atomic E-state index is 11.5. The Kier molecular flexibility index (Phi) is 4.99. The van der Waals surface area contributed by atoms with Gasteiger partial charge in [0.2, 0.25) is 0 Å². The molecule has 3 aromatic rings. The summed E-state index contributed by atoms with van der Waals surface area (Å²) in [5, 5.41) is 1.05. The Morgan fingerprint density at radius 1 is 0.833 bits per heavy atom. The van der Waals surface area contributed by atoms with Gasteiger partial charge in [-0.2, -0.15) is 0 Å². The molecule has 24 heavy (non-hydrogen) atoms. The average Bonchev–Trinajstić information content (AvgIpc) is 2.55. The van der Waals surface area contributed by atoms with Crippen LogP contribution < -0.4 is 9.47 Å². The van der Waals surface area contributed by atoms with E-state index in [1.807, 2.05) is 0 Å². The molecule has 0 amide bonds. The molecule has 0 saturated carbocycles. The number of benzene rings is 2. The number of hydrogen-bond donors (Lipinski definition) is 0. The Morgan fingerprint density at radius 2 is 1.33 bits per heavy atom. The number of pyridine rings is 1. The van der Waals surface area contributed by atoms with Gasteiger partial charge in [0.25, 0.3) is 0 Å². The van der Waals surface area contributed by atoms with Crippen LogP contribution in [0.5, 0.6) is 23.0 Å². The minimum Gasteiger partial charge on any atom is -0.455 e. The number of hydrogen-bond acceptors (Lipinski definition) is 4. The average molecular weight is 360 g/mol. The Labute approximate surface area is 148 Å². The van der Waals surface area contributed by atoms with Gasteiger partial charge in [-0.05, 0) is 36.4 Å². The molecular formula is C18H11Cl2NO3. The van der Waals surface area contributed by atoms with Crippen molar-refractivity contribution in [3.8, 4) is 23.0 Å². The topological polar surface area (TPSA) is 48.4 Å². The first kappa shape index (κ1) is 16.3. The Bertz CT molecular complexity index is 818. The molecule has 0 fully saturated rings. The van der Waals surface area contributed by atoms with Crippen LogP contribution in [0.4, 0.5) is 0 Å². The molecule has 0 aliphatic carbocycles. The Hall–Kier alpha value is -2.56. The second-order valence-electron chi connectivity index (χ2n) is 4.79. The van der Waals surface area contributed by atoms with Crippen molar-refractivity contribution >= 4 is 29.5 Å². The third-order valence-electron chi connectivity index (χ3n) is 3.08. The lowest BCUT2D eigenvalue weighted by molar-refractivity contribution is 0.111. The highest BCUT2D eigenvalue weighted by Crippen LogP contribution is 2.33. The highest BCUT2D eigenvalue weighted by molar-refractivity contribution is 6.31. The van der Waals surface area contributed by atoms with Gasteiger partial charge in [0, 0.05) is 10.0 Å². The van der Waals surface area contributed by atoms with Crippen molar-refractivity contribution < 1.29 is 14.3 Å². The van der Waals surface area contributed by atoms with E-state index < -0.39 is 0 Å². The van der Waals surface area contributed by atoms with Gasteiger partial charge < -0.3 is 9.47 Å². The summed E-state index contributed by atoms with van der Waals surface area (Å²) in [4.78, 5) is 15.6. The number of halogens is 2. The van der Waals surface area contributed by atoms with E-state index >= 15 is 0 Å². The number of rotatable bonds is 5. The van der Waals surface area contributed by atoms with E-state index in [1.54, 1.807) is 48.5 Å². The van der Waals surface area contributed by atoms with Gasteiger partial charge >= 0.3 is 0 Å². The fourth-order valence-electron chi connectivity index (χ4n) is 2.03. The SMILES string of the molecule is O=Cc1c(Oc2cccc(Cl)c2)cncc1Oc1cccc(Cl)c1. The second kappa shape index (κ2) is 7.34. The zero-order valence-electron chi connectivity index (χ0n) is 12.3. The first-order valence-corrected chi connectivity index (χ1v) is 7.71. The summed E-state index contributed by atoms with van der Waals surface area (Å²) < 4.78 is 11.4. The maximum atomic E-state index is 11.5. The number of carbonyl (C=O) groups excluding carboxylic acids is 1. The van der Waals surface area contributed by atoms with Crippen LogP contribution >= 0.6 is 23.2 Å². The van der Waals surface area contributed by atoms with E-state index in [2.05, 4.69) is 4.98 Å². The summed E-state index contributed by atoms with van der Waals surface area (Å²) in [7, 11) is 0. The molecule has 0 atom stereocenters. The Balaban J connectivity index is 1.92. The summed E-state index contributed by atoms with van der Waals surface area (Å²) >= 11 is 11.9. The maximum Gasteiger partial charge on any atom is 0.159 e. The van der Waals surface area contributed by atoms with E-state index in [-0.39, 0.29) is 17.1 Å². The molecule has 0 N–H and O–H groups in total. The van der Waals surface area contributed by atoms with Crippen molar-refractivity contribution in [1.29, 1.82) is 0 Å². The molecule has 2 aromatic carbocycles. The zero-order valence-corrected chi connectivity index (χ0v) is 13.8. The molecule has 0 unspecified atom stereocenters. The van der Waals surface area contributed by atoms with Crippen molar-refractivity contribution in [3.05, 3.63) is 76.5 Å². The van der Waals surface area contributed by atoms with Crippen molar-refractivity contribution in [2.24, 2.45) is 0 Å². The third kappa shape index (κ3) is 3.85. The van der Waals surface area contributed by atoms with Crippen LogP contribution in [0.15, 0.2) is 60.9 Å². The third-order valence-corrected chi connectivity index (χ3v) is 3.55. The van der Waals surface area contributed by atoms with Gasteiger partial charge in [-0.15, -0.1) is 0 Å². The second-order valence-corrected chi connectivity index (χ2v) is 5.66. The van der Waals surface area contributed by atoms with Crippen molar-refractivity contribution in [1.82, 2.24) is 4.98 Å². The van der Waals surface area contributed by atoms with E-state index in [9.17, 15) is 4.79 Å². The van der Waals surface area contributed by atoms with Crippen molar-refractivity contribution in [2.75, 3.05) is 0 Å². The predicted octanol–water partition coefficient (Wildman–Crippen LogP) is 5.79. The van der Waals surface area contributed by atoms with Crippen LogP contribution in [-0.4, -0.2) is 11.3 Å². The van der Waals surface area contributed by atoms with Gasteiger partial charge in [0.1, 0.15) is 17.1 Å². The van der Waals surface area contributed by atoms with E-state index in [4.69, 9.17) is 32.7 Å². The lowest BCUT2D eigenvalue weighted by atomic mass is 10.2. The minimum absolute atomic E-state index is 0.241. The lowest BCUT2D eigenvalue weighted by Gasteiger charge is -2.12. The normalized spacial score (nSPS) is 10.2. The number of nitrogens with zero attached hydrogens (tertiary/aromatic N) is 1. The highest BCUT2D eigenvalue weighted by Gasteiger charge is 2.13. The molecule has 0 aliphatic rings. The molecule has 0 saturated heterocycles. The highest BCUT2D eigenvalue weighted by atomic mass is 35.5. The molecule has 0 spiro atoms. The predicted molar refractivity (Wildman–Crippen MR) is 92.7 cm³/mol. The number of aromatic nitrogens is 1. The minimum atomic E-state index is 0.241. The van der Waals surface area contributed by atoms with Gasteiger partial charge in [-0.1, -0.05) is 35.3 Å².